The van der Waals surface area contributed by atoms with E-state index in [4.69, 9.17) is 33.8 Å². The Balaban J connectivity index is 2.11. The van der Waals surface area contributed by atoms with Crippen molar-refractivity contribution in [1.82, 2.24) is 0 Å². The summed E-state index contributed by atoms with van der Waals surface area (Å²) in [5.41, 5.74) is -8.05. The molecule has 1 aliphatic carbocycles. The van der Waals surface area contributed by atoms with E-state index in [0.29, 0.717) is 6.42 Å². The Hall–Kier alpha value is -3.98. The topological polar surface area (TPSA) is 298 Å². The number of carboxylic acid groups (broad SMARTS) is 1. The molecule has 2 saturated heterocycles. The van der Waals surface area contributed by atoms with Crippen LogP contribution in [-0.4, -0.2) is 144 Å². The van der Waals surface area contributed by atoms with Gasteiger partial charge in [-0.2, -0.15) is 4.99 Å². The molecular formula is C33H44N2O17S. The predicted molar refractivity (Wildman–Crippen MR) is 179 cm³/mol. The van der Waals surface area contributed by atoms with Crippen LogP contribution in [0.1, 0.15) is 60.8 Å². The zero-order chi connectivity index (χ0) is 40.2. The Morgan fingerprint density at radius 1 is 1.17 bits per heavy atom. The number of nitrogens with zero attached hydrogens (tertiary/aromatic N) is 1. The second-order valence-corrected chi connectivity index (χ2v) is 13.1. The van der Waals surface area contributed by atoms with Gasteiger partial charge in [-0.05, 0) is 39.4 Å². The van der Waals surface area contributed by atoms with Crippen molar-refractivity contribution in [3.8, 4) is 0 Å². The van der Waals surface area contributed by atoms with Gasteiger partial charge >= 0.3 is 23.9 Å². The first kappa shape index (κ1) is 43.4. The summed E-state index contributed by atoms with van der Waals surface area (Å²) in [4.78, 5) is 65.9. The fourth-order valence-corrected chi connectivity index (χ4v) is 6.30. The molecule has 0 saturated carbocycles. The summed E-state index contributed by atoms with van der Waals surface area (Å²) < 4.78 is 33.9. The molecule has 0 spiro atoms. The smallest absolute Gasteiger partial charge is 0.357 e. The van der Waals surface area contributed by atoms with E-state index in [1.165, 1.54) is 26.8 Å². The largest absolute Gasteiger partial charge is 0.508 e. The Morgan fingerprint density at radius 3 is 2.34 bits per heavy atom. The molecule has 3 aliphatic rings. The standard InChI is InChI=1S/C33H44N2O17S/c1-7-13(3)30(43)49-15(5)33(46)14(4)48-21(9-20(33)38)51-26-24(39)28(32(45)10-18(37)23(34)22(27(32)40)29(41)42)50-19(11-47-16(6)36)25(26)52-31(44)17(8-2)35-12-53/h8,13-15,19-21,24-26,28,34,38-40,45-46H,7,9-11H2,1-6H3,(H,41,42)/b17-8+,34-23?/t13-,14+,15+,19-,20+,21-,24-,25-,26-,28-,32+,33+/m1/s1. The Labute approximate surface area is 308 Å². The summed E-state index contributed by atoms with van der Waals surface area (Å²) >= 11 is 4.58. The van der Waals surface area contributed by atoms with E-state index in [0.717, 1.165) is 6.92 Å². The van der Waals surface area contributed by atoms with Gasteiger partial charge in [0, 0.05) is 13.3 Å². The van der Waals surface area contributed by atoms with Crippen LogP contribution in [0.15, 0.2) is 28.1 Å². The molecule has 20 heteroatoms. The van der Waals surface area contributed by atoms with Gasteiger partial charge in [0.1, 0.15) is 54.2 Å². The fourth-order valence-electron chi connectivity index (χ4n) is 6.20. The Kier molecular flexibility index (Phi) is 14.3. The minimum Gasteiger partial charge on any atom is -0.508 e. The number of nitrogens with one attached hydrogen (secondary N) is 1. The van der Waals surface area contributed by atoms with Gasteiger partial charge in [-0.3, -0.25) is 19.8 Å². The molecule has 0 aromatic carbocycles. The van der Waals surface area contributed by atoms with Crippen molar-refractivity contribution in [1.29, 1.82) is 5.41 Å². The van der Waals surface area contributed by atoms with Crippen molar-refractivity contribution in [2.75, 3.05) is 6.61 Å². The zero-order valence-corrected chi connectivity index (χ0v) is 30.5. The number of aliphatic hydroxyl groups excluding tert-OH is 3. The number of esters is 3. The molecule has 7 N–H and O–H groups in total. The van der Waals surface area contributed by atoms with Gasteiger partial charge in [0.25, 0.3) is 0 Å². The number of hydrogen-bond donors (Lipinski definition) is 7. The number of carbonyl (C=O) groups is 5. The molecule has 0 aromatic rings. The molecule has 2 fully saturated rings. The number of Topliss-reactive ketones (excluding diaryl/α,β-unsaturated/α-hetero) is 1. The van der Waals surface area contributed by atoms with E-state index in [9.17, 15) is 54.6 Å². The first-order valence-electron chi connectivity index (χ1n) is 16.5. The van der Waals surface area contributed by atoms with Gasteiger partial charge in [0.05, 0.1) is 29.7 Å². The predicted octanol–water partition coefficient (Wildman–Crippen LogP) is -0.194. The fraction of sp³-hybridized carbons (Fsp3) is 0.667. The normalized spacial score (nSPS) is 34.7. The molecule has 3 rings (SSSR count). The minimum absolute atomic E-state index is 0.382. The molecule has 0 amide bonds. The van der Waals surface area contributed by atoms with E-state index in [1.54, 1.807) is 13.8 Å². The van der Waals surface area contributed by atoms with Crippen LogP contribution in [0.25, 0.3) is 0 Å². The average Bonchev–Trinajstić information content (AvgIpc) is 3.08. The first-order valence-corrected chi connectivity index (χ1v) is 16.9. The minimum atomic E-state index is -3.05. The van der Waals surface area contributed by atoms with E-state index < -0.39 is 138 Å². The van der Waals surface area contributed by atoms with Crippen LogP contribution in [0.3, 0.4) is 0 Å². The van der Waals surface area contributed by atoms with Crippen molar-refractivity contribution in [3.05, 3.63) is 23.1 Å². The number of allylic oxidation sites excluding steroid dienone is 1. The number of carbonyl (C=O) groups excluding carboxylic acids is 4. The van der Waals surface area contributed by atoms with E-state index in [2.05, 4.69) is 17.2 Å². The second-order valence-electron chi connectivity index (χ2n) is 12.9. The highest BCUT2D eigenvalue weighted by atomic mass is 32.1. The lowest BCUT2D eigenvalue weighted by molar-refractivity contribution is -0.343. The van der Waals surface area contributed by atoms with Crippen LogP contribution in [-0.2, 0) is 52.4 Å². The molecule has 2 aliphatic heterocycles. The third-order valence-corrected chi connectivity index (χ3v) is 9.61. The van der Waals surface area contributed by atoms with Crippen LogP contribution in [0.5, 0.6) is 0 Å². The molecule has 0 bridgehead atoms. The Morgan fingerprint density at radius 2 is 1.81 bits per heavy atom. The summed E-state index contributed by atoms with van der Waals surface area (Å²) in [5, 5.41) is 76.8. The highest BCUT2D eigenvalue weighted by Gasteiger charge is 2.61. The van der Waals surface area contributed by atoms with Crippen LogP contribution in [0, 0.1) is 11.3 Å². The zero-order valence-electron chi connectivity index (χ0n) is 29.7. The number of aliphatic hydroxyl groups is 5. The average molecular weight is 773 g/mol. The maximum atomic E-state index is 13.2. The molecule has 0 aromatic heterocycles. The summed E-state index contributed by atoms with van der Waals surface area (Å²) in [6.07, 6.45) is -16.0. The maximum Gasteiger partial charge on any atom is 0.357 e. The molecular weight excluding hydrogens is 728 g/mol. The van der Waals surface area contributed by atoms with Gasteiger partial charge in [-0.25, -0.2) is 9.59 Å². The number of rotatable bonds is 13. The highest BCUT2D eigenvalue weighted by molar-refractivity contribution is 7.78. The molecule has 19 nitrogen and oxygen atoms in total. The third kappa shape index (κ3) is 8.88. The number of isothiocyanates is 1. The number of carboxylic acids is 1. The lowest BCUT2D eigenvalue weighted by Gasteiger charge is -2.51. The molecule has 53 heavy (non-hydrogen) atoms. The van der Waals surface area contributed by atoms with Crippen LogP contribution < -0.4 is 0 Å². The number of ether oxygens (including phenoxy) is 6. The van der Waals surface area contributed by atoms with Crippen LogP contribution >= 0.6 is 12.2 Å². The molecule has 294 valence electrons. The number of aliphatic imine (C=N–C) groups is 1. The molecule has 0 unspecified atom stereocenters. The lowest BCUT2D eigenvalue weighted by atomic mass is 9.74. The van der Waals surface area contributed by atoms with Gasteiger partial charge in [0.2, 0.25) is 0 Å². The van der Waals surface area contributed by atoms with Crippen molar-refractivity contribution >= 4 is 52.8 Å². The van der Waals surface area contributed by atoms with Crippen LogP contribution in [0.2, 0.25) is 0 Å². The Bertz CT molecular complexity index is 1580. The van der Waals surface area contributed by atoms with E-state index in [1.807, 2.05) is 5.16 Å². The summed E-state index contributed by atoms with van der Waals surface area (Å²) in [5.74, 6) is -7.86. The molecule has 12 atom stereocenters. The van der Waals surface area contributed by atoms with Gasteiger partial charge in [-0.1, -0.05) is 19.9 Å². The first-order chi connectivity index (χ1) is 24.7. The number of ketones is 1. The van der Waals surface area contributed by atoms with Gasteiger partial charge in [0.15, 0.2) is 35.1 Å². The molecule has 0 radical (unpaired) electrons. The summed E-state index contributed by atoms with van der Waals surface area (Å²) in [7, 11) is 0. The SMILES string of the molecule is C/C=C(/N=C=S)C(=O)O[C@H]1[C@H](O[C@@H]2C[C@H](O)[C@@](O)([C@H](C)OC(=O)[C@H](C)CC)[C@H](C)O2)[C@@H](O)[C@H]([C@]2(O)CC(=O)C(=N)C(C(=O)O)=C2O)O[C@@H]1COC(C)=O. The van der Waals surface area contributed by atoms with Crippen molar-refractivity contribution in [2.45, 2.75) is 127 Å². The van der Waals surface area contributed by atoms with Gasteiger partial charge in [-0.15, -0.1) is 0 Å². The molecule has 2 heterocycles. The van der Waals surface area contributed by atoms with Crippen molar-refractivity contribution in [3.63, 3.8) is 0 Å². The van der Waals surface area contributed by atoms with E-state index >= 15 is 0 Å². The van der Waals surface area contributed by atoms with Crippen molar-refractivity contribution < 1.29 is 83.0 Å². The van der Waals surface area contributed by atoms with Gasteiger partial charge < -0.3 is 59.1 Å². The second kappa shape index (κ2) is 17.4. The monoisotopic (exact) mass is 772 g/mol. The number of thiocarbonyl (C=S) groups is 1. The lowest BCUT2D eigenvalue weighted by Crippen LogP contribution is -2.70. The number of hydrogen-bond acceptors (Lipinski definition) is 19. The quantitative estimate of drug-likeness (QED) is 0.0419. The summed E-state index contributed by atoms with van der Waals surface area (Å²) in [6.45, 7) is 7.70. The highest BCUT2D eigenvalue weighted by Crippen LogP contribution is 2.42. The number of aliphatic carboxylic acids is 1. The van der Waals surface area contributed by atoms with E-state index in [-0.39, 0.29) is 5.70 Å². The van der Waals surface area contributed by atoms with Crippen molar-refractivity contribution in [2.24, 2.45) is 10.9 Å². The third-order valence-electron chi connectivity index (χ3n) is 9.52. The van der Waals surface area contributed by atoms with Crippen LogP contribution in [0.4, 0.5) is 0 Å². The summed E-state index contributed by atoms with van der Waals surface area (Å²) in [6, 6.07) is 0. The maximum absolute atomic E-state index is 13.2.